The lowest BCUT2D eigenvalue weighted by molar-refractivity contribution is 0.0407. The minimum absolute atomic E-state index is 0.135. The molecule has 0 amide bonds. The summed E-state index contributed by atoms with van der Waals surface area (Å²) in [6, 6.07) is 0.445. The molecule has 1 saturated heterocycles. The molecule has 1 rings (SSSR count). The van der Waals surface area contributed by atoms with E-state index in [9.17, 15) is 8.42 Å². The standard InChI is InChI=1S/C13H28N2O2S/c1-5-13(6-2)11-14-12(4)10-15(13)8-9-18(16,17)7-3/h12,14H,5-11H2,1-4H3. The van der Waals surface area contributed by atoms with E-state index in [4.69, 9.17) is 0 Å². The van der Waals surface area contributed by atoms with E-state index < -0.39 is 9.84 Å². The lowest BCUT2D eigenvalue weighted by Gasteiger charge is -2.49. The minimum atomic E-state index is -2.87. The predicted molar refractivity (Wildman–Crippen MR) is 76.7 cm³/mol. The summed E-state index contributed by atoms with van der Waals surface area (Å²) in [7, 11) is -2.87. The Morgan fingerprint density at radius 3 is 2.39 bits per heavy atom. The van der Waals surface area contributed by atoms with Crippen LogP contribution in [0.5, 0.6) is 0 Å². The fourth-order valence-electron chi connectivity index (χ4n) is 2.73. The highest BCUT2D eigenvalue weighted by atomic mass is 32.2. The first kappa shape index (κ1) is 15.9. The average Bonchev–Trinajstić information content (AvgIpc) is 2.37. The van der Waals surface area contributed by atoms with Gasteiger partial charge in [-0.15, -0.1) is 0 Å². The van der Waals surface area contributed by atoms with Crippen molar-refractivity contribution in [2.45, 2.75) is 52.1 Å². The molecule has 1 N–H and O–H groups in total. The Morgan fingerprint density at radius 1 is 1.28 bits per heavy atom. The molecule has 1 atom stereocenters. The van der Waals surface area contributed by atoms with Crippen LogP contribution in [0.3, 0.4) is 0 Å². The van der Waals surface area contributed by atoms with E-state index in [1.165, 1.54) is 0 Å². The SMILES string of the molecule is CCC1(CC)CNC(C)CN1CCS(=O)(=O)CC. The molecular weight excluding hydrogens is 248 g/mol. The van der Waals surface area contributed by atoms with Gasteiger partial charge in [-0.1, -0.05) is 20.8 Å². The first-order valence-electron chi connectivity index (χ1n) is 7.08. The highest BCUT2D eigenvalue weighted by Gasteiger charge is 2.37. The molecule has 0 aromatic carbocycles. The van der Waals surface area contributed by atoms with Crippen molar-refractivity contribution in [3.63, 3.8) is 0 Å². The highest BCUT2D eigenvalue weighted by molar-refractivity contribution is 7.91. The molecule has 1 aliphatic rings. The zero-order chi connectivity index (χ0) is 13.8. The van der Waals surface area contributed by atoms with Crippen LogP contribution >= 0.6 is 0 Å². The van der Waals surface area contributed by atoms with Crippen LogP contribution < -0.4 is 5.32 Å². The van der Waals surface area contributed by atoms with Gasteiger partial charge in [-0.25, -0.2) is 8.42 Å². The van der Waals surface area contributed by atoms with Crippen molar-refractivity contribution in [1.82, 2.24) is 10.2 Å². The van der Waals surface area contributed by atoms with Crippen LogP contribution in [0.25, 0.3) is 0 Å². The Labute approximate surface area is 112 Å². The average molecular weight is 276 g/mol. The largest absolute Gasteiger partial charge is 0.311 e. The van der Waals surface area contributed by atoms with Gasteiger partial charge in [-0.3, -0.25) is 4.90 Å². The molecule has 0 aromatic heterocycles. The molecular formula is C13H28N2O2S. The van der Waals surface area contributed by atoms with Crippen LogP contribution in [-0.2, 0) is 9.84 Å². The van der Waals surface area contributed by atoms with Gasteiger partial charge >= 0.3 is 0 Å². The third-order valence-electron chi connectivity index (χ3n) is 4.37. The normalized spacial score (nSPS) is 25.2. The van der Waals surface area contributed by atoms with Crippen molar-refractivity contribution < 1.29 is 8.42 Å². The van der Waals surface area contributed by atoms with E-state index in [1.807, 2.05) is 0 Å². The summed E-state index contributed by atoms with van der Waals surface area (Å²) >= 11 is 0. The van der Waals surface area contributed by atoms with Gasteiger partial charge in [-0.05, 0) is 19.8 Å². The topological polar surface area (TPSA) is 49.4 Å². The van der Waals surface area contributed by atoms with E-state index in [-0.39, 0.29) is 17.0 Å². The molecule has 1 heterocycles. The molecule has 0 saturated carbocycles. The Balaban J connectivity index is 2.74. The quantitative estimate of drug-likeness (QED) is 0.794. The maximum atomic E-state index is 11.7. The highest BCUT2D eigenvalue weighted by Crippen LogP contribution is 2.26. The molecule has 1 fully saturated rings. The maximum absolute atomic E-state index is 11.7. The smallest absolute Gasteiger partial charge is 0.151 e. The van der Waals surface area contributed by atoms with Gasteiger partial charge in [0.05, 0.1) is 5.75 Å². The Morgan fingerprint density at radius 2 is 1.89 bits per heavy atom. The van der Waals surface area contributed by atoms with E-state index in [2.05, 4.69) is 31.0 Å². The maximum Gasteiger partial charge on any atom is 0.151 e. The molecule has 0 aromatic rings. The van der Waals surface area contributed by atoms with Crippen LogP contribution in [0, 0.1) is 0 Å². The molecule has 1 unspecified atom stereocenters. The van der Waals surface area contributed by atoms with Crippen molar-refractivity contribution >= 4 is 9.84 Å². The van der Waals surface area contributed by atoms with Crippen LogP contribution in [0.1, 0.15) is 40.5 Å². The zero-order valence-corrected chi connectivity index (χ0v) is 13.0. The number of rotatable bonds is 6. The first-order chi connectivity index (χ1) is 8.39. The van der Waals surface area contributed by atoms with E-state index in [1.54, 1.807) is 6.92 Å². The summed E-state index contributed by atoms with van der Waals surface area (Å²) in [6.07, 6.45) is 2.13. The monoisotopic (exact) mass is 276 g/mol. The molecule has 5 heteroatoms. The fraction of sp³-hybridized carbons (Fsp3) is 1.00. The first-order valence-corrected chi connectivity index (χ1v) is 8.90. The molecule has 18 heavy (non-hydrogen) atoms. The second-order valence-electron chi connectivity index (χ2n) is 5.40. The summed E-state index contributed by atoms with van der Waals surface area (Å²) < 4.78 is 23.3. The Bertz CT molecular complexity index is 350. The number of sulfone groups is 1. The van der Waals surface area contributed by atoms with Gasteiger partial charge in [0.1, 0.15) is 0 Å². The number of nitrogens with zero attached hydrogens (tertiary/aromatic N) is 1. The summed E-state index contributed by atoms with van der Waals surface area (Å²) in [5.41, 5.74) is 0.135. The van der Waals surface area contributed by atoms with E-state index in [0.717, 1.165) is 25.9 Å². The lowest BCUT2D eigenvalue weighted by Crippen LogP contribution is -2.64. The van der Waals surface area contributed by atoms with Crippen molar-refractivity contribution in [3.05, 3.63) is 0 Å². The molecule has 108 valence electrons. The summed E-state index contributed by atoms with van der Waals surface area (Å²) in [5, 5.41) is 3.52. The van der Waals surface area contributed by atoms with Gasteiger partial charge < -0.3 is 5.32 Å². The van der Waals surface area contributed by atoms with Gasteiger partial charge in [0.2, 0.25) is 0 Å². The van der Waals surface area contributed by atoms with Crippen LogP contribution in [0.2, 0.25) is 0 Å². The lowest BCUT2D eigenvalue weighted by atomic mass is 9.87. The Kier molecular flexibility index (Phi) is 5.62. The van der Waals surface area contributed by atoms with Gasteiger partial charge in [0.25, 0.3) is 0 Å². The third kappa shape index (κ3) is 3.68. The summed E-state index contributed by atoms with van der Waals surface area (Å²) in [5.74, 6) is 0.540. The fourth-order valence-corrected chi connectivity index (χ4v) is 3.52. The molecule has 0 bridgehead atoms. The summed E-state index contributed by atoms with van der Waals surface area (Å²) in [6.45, 7) is 10.9. The zero-order valence-electron chi connectivity index (χ0n) is 12.2. The molecule has 0 aliphatic carbocycles. The van der Waals surface area contributed by atoms with Crippen molar-refractivity contribution in [2.24, 2.45) is 0 Å². The molecule has 0 spiro atoms. The second kappa shape index (κ2) is 6.35. The van der Waals surface area contributed by atoms with E-state index in [0.29, 0.717) is 12.6 Å². The van der Waals surface area contributed by atoms with Crippen LogP contribution in [0.15, 0.2) is 0 Å². The molecule has 0 radical (unpaired) electrons. The van der Waals surface area contributed by atoms with E-state index >= 15 is 0 Å². The number of nitrogens with one attached hydrogen (secondary N) is 1. The van der Waals surface area contributed by atoms with Gasteiger partial charge in [0.15, 0.2) is 9.84 Å². The van der Waals surface area contributed by atoms with Crippen LogP contribution in [0.4, 0.5) is 0 Å². The second-order valence-corrected chi connectivity index (χ2v) is 7.87. The summed E-state index contributed by atoms with van der Waals surface area (Å²) in [4.78, 5) is 2.39. The van der Waals surface area contributed by atoms with Crippen molar-refractivity contribution in [3.8, 4) is 0 Å². The van der Waals surface area contributed by atoms with Gasteiger partial charge in [0, 0.05) is 37.0 Å². The number of hydrogen-bond donors (Lipinski definition) is 1. The predicted octanol–water partition coefficient (Wildman–Crippen LogP) is 1.27. The van der Waals surface area contributed by atoms with Crippen molar-refractivity contribution in [2.75, 3.05) is 31.1 Å². The van der Waals surface area contributed by atoms with Crippen molar-refractivity contribution in [1.29, 1.82) is 0 Å². The van der Waals surface area contributed by atoms with Gasteiger partial charge in [-0.2, -0.15) is 0 Å². The minimum Gasteiger partial charge on any atom is -0.311 e. The molecule has 4 nitrogen and oxygen atoms in total. The third-order valence-corrected chi connectivity index (χ3v) is 6.06. The Hall–Kier alpha value is -0.130. The number of piperazine rings is 1. The number of hydrogen-bond acceptors (Lipinski definition) is 4. The van der Waals surface area contributed by atoms with Crippen LogP contribution in [-0.4, -0.2) is 56.0 Å². The molecule has 1 aliphatic heterocycles.